The van der Waals surface area contributed by atoms with Gasteiger partial charge in [-0.05, 0) is 37.6 Å². The quantitative estimate of drug-likeness (QED) is 0.553. The van der Waals surface area contributed by atoms with Crippen molar-refractivity contribution in [1.29, 1.82) is 0 Å². The predicted octanol–water partition coefficient (Wildman–Crippen LogP) is 2.90. The zero-order valence-corrected chi connectivity index (χ0v) is 17.3. The fraction of sp³-hybridized carbons (Fsp3) is 0.261. The highest BCUT2D eigenvalue weighted by Crippen LogP contribution is 2.24. The summed E-state index contributed by atoms with van der Waals surface area (Å²) in [6.45, 7) is 3.43. The van der Waals surface area contributed by atoms with Gasteiger partial charge in [0.15, 0.2) is 0 Å². The minimum absolute atomic E-state index is 0.0832. The third-order valence-electron chi connectivity index (χ3n) is 5.55. The first-order valence-electron chi connectivity index (χ1n) is 10.4. The molecule has 3 aromatic heterocycles. The highest BCUT2D eigenvalue weighted by molar-refractivity contribution is 5.80. The molecule has 31 heavy (non-hydrogen) atoms. The maximum atomic E-state index is 13.1. The van der Waals surface area contributed by atoms with Crippen LogP contribution in [0.2, 0.25) is 0 Å². The van der Waals surface area contributed by atoms with Crippen molar-refractivity contribution in [2.45, 2.75) is 26.3 Å². The Morgan fingerprint density at radius 2 is 1.87 bits per heavy atom. The first kappa shape index (κ1) is 19.2. The second-order valence-electron chi connectivity index (χ2n) is 7.63. The van der Waals surface area contributed by atoms with E-state index in [1.54, 1.807) is 12.5 Å². The molecule has 156 valence electrons. The number of amides is 1. The van der Waals surface area contributed by atoms with Crippen LogP contribution in [-0.2, 0) is 24.2 Å². The maximum absolute atomic E-state index is 13.1. The SMILES string of the molecule is Cc1nc2c(c(Nc3ccccn3)n1)CCN(C(=O)Cn1cnc3ccccc31)CC2. The summed E-state index contributed by atoms with van der Waals surface area (Å²) in [7, 11) is 0. The van der Waals surface area contributed by atoms with Crippen molar-refractivity contribution in [2.75, 3.05) is 18.4 Å². The molecule has 0 saturated heterocycles. The summed E-state index contributed by atoms with van der Waals surface area (Å²) in [6, 6.07) is 13.6. The summed E-state index contributed by atoms with van der Waals surface area (Å²) < 4.78 is 1.91. The smallest absolute Gasteiger partial charge is 0.242 e. The zero-order chi connectivity index (χ0) is 21.2. The number of carbonyl (C=O) groups excluding carboxylic acids is 1. The lowest BCUT2D eigenvalue weighted by molar-refractivity contribution is -0.131. The van der Waals surface area contributed by atoms with Crippen LogP contribution < -0.4 is 5.32 Å². The number of aryl methyl sites for hydroxylation is 1. The van der Waals surface area contributed by atoms with E-state index in [0.29, 0.717) is 31.8 Å². The third-order valence-corrected chi connectivity index (χ3v) is 5.55. The van der Waals surface area contributed by atoms with Gasteiger partial charge in [-0.15, -0.1) is 0 Å². The summed E-state index contributed by atoms with van der Waals surface area (Å²) in [5.74, 6) is 2.31. The molecule has 0 spiro atoms. The number of hydrogen-bond acceptors (Lipinski definition) is 6. The minimum Gasteiger partial charge on any atom is -0.340 e. The van der Waals surface area contributed by atoms with Gasteiger partial charge in [0, 0.05) is 31.3 Å². The molecule has 0 radical (unpaired) electrons. The molecule has 4 aromatic rings. The molecule has 8 nitrogen and oxygen atoms in total. The Labute approximate surface area is 180 Å². The molecule has 0 bridgehead atoms. The van der Waals surface area contributed by atoms with Crippen molar-refractivity contribution in [1.82, 2.24) is 29.4 Å². The summed E-state index contributed by atoms with van der Waals surface area (Å²) in [4.78, 5) is 33.0. The highest BCUT2D eigenvalue weighted by Gasteiger charge is 2.23. The van der Waals surface area contributed by atoms with Gasteiger partial charge in [0.2, 0.25) is 5.91 Å². The van der Waals surface area contributed by atoms with Gasteiger partial charge in [-0.1, -0.05) is 18.2 Å². The molecule has 1 aliphatic heterocycles. The van der Waals surface area contributed by atoms with Gasteiger partial charge in [0.05, 0.1) is 23.1 Å². The maximum Gasteiger partial charge on any atom is 0.242 e. The molecule has 0 fully saturated rings. The second-order valence-corrected chi connectivity index (χ2v) is 7.63. The highest BCUT2D eigenvalue weighted by atomic mass is 16.2. The molecule has 0 aliphatic carbocycles. The Hall–Kier alpha value is -3.81. The number of para-hydroxylation sites is 2. The van der Waals surface area contributed by atoms with E-state index in [9.17, 15) is 4.79 Å². The summed E-state index contributed by atoms with van der Waals surface area (Å²) in [5, 5.41) is 3.32. The molecular formula is C23H23N7O. The van der Waals surface area contributed by atoms with Gasteiger partial charge < -0.3 is 14.8 Å². The van der Waals surface area contributed by atoms with E-state index in [0.717, 1.165) is 33.9 Å². The number of nitrogens with zero attached hydrogens (tertiary/aromatic N) is 6. The van der Waals surface area contributed by atoms with Gasteiger partial charge in [-0.3, -0.25) is 4.79 Å². The lowest BCUT2D eigenvalue weighted by atomic mass is 10.1. The zero-order valence-electron chi connectivity index (χ0n) is 17.3. The van der Waals surface area contributed by atoms with E-state index in [4.69, 9.17) is 0 Å². The van der Waals surface area contributed by atoms with E-state index >= 15 is 0 Å². The molecule has 5 rings (SSSR count). The number of nitrogens with one attached hydrogen (secondary N) is 1. The first-order valence-corrected chi connectivity index (χ1v) is 10.4. The minimum atomic E-state index is 0.0832. The van der Waals surface area contributed by atoms with Gasteiger partial charge in [0.25, 0.3) is 0 Å². The van der Waals surface area contributed by atoms with Crippen LogP contribution >= 0.6 is 0 Å². The molecule has 0 unspecified atom stereocenters. The van der Waals surface area contributed by atoms with Crippen LogP contribution in [0.25, 0.3) is 11.0 Å². The Morgan fingerprint density at radius 3 is 2.74 bits per heavy atom. The fourth-order valence-corrected chi connectivity index (χ4v) is 4.02. The van der Waals surface area contributed by atoms with Crippen LogP contribution in [0.5, 0.6) is 0 Å². The van der Waals surface area contributed by atoms with Crippen LogP contribution in [0, 0.1) is 6.92 Å². The van der Waals surface area contributed by atoms with Crippen molar-refractivity contribution in [3.8, 4) is 0 Å². The van der Waals surface area contributed by atoms with Crippen molar-refractivity contribution in [3.05, 3.63) is 72.1 Å². The van der Waals surface area contributed by atoms with Crippen LogP contribution in [0.15, 0.2) is 55.0 Å². The summed E-state index contributed by atoms with van der Waals surface area (Å²) in [5.41, 5.74) is 3.92. The number of imidazole rings is 1. The summed E-state index contributed by atoms with van der Waals surface area (Å²) in [6.07, 6.45) is 4.88. The average molecular weight is 413 g/mol. The third kappa shape index (κ3) is 3.96. The van der Waals surface area contributed by atoms with Crippen molar-refractivity contribution in [3.63, 3.8) is 0 Å². The Morgan fingerprint density at radius 1 is 1.03 bits per heavy atom. The topological polar surface area (TPSA) is 88.8 Å². The van der Waals surface area contributed by atoms with E-state index in [1.807, 2.05) is 58.9 Å². The number of carbonyl (C=O) groups is 1. The van der Waals surface area contributed by atoms with Crippen LogP contribution in [0.3, 0.4) is 0 Å². The second kappa shape index (κ2) is 8.14. The van der Waals surface area contributed by atoms with Crippen LogP contribution in [0.1, 0.15) is 17.1 Å². The molecule has 0 atom stereocenters. The molecule has 4 heterocycles. The van der Waals surface area contributed by atoms with Crippen LogP contribution in [-0.4, -0.2) is 48.4 Å². The number of aromatic nitrogens is 5. The van der Waals surface area contributed by atoms with Gasteiger partial charge in [0.1, 0.15) is 24.0 Å². The number of fused-ring (bicyclic) bond motifs is 2. The molecule has 1 amide bonds. The monoisotopic (exact) mass is 413 g/mol. The van der Waals surface area contributed by atoms with E-state index < -0.39 is 0 Å². The molecular weight excluding hydrogens is 390 g/mol. The fourth-order valence-electron chi connectivity index (χ4n) is 4.02. The Kier molecular flexibility index (Phi) is 5.03. The van der Waals surface area contributed by atoms with E-state index in [-0.39, 0.29) is 12.5 Å². The largest absolute Gasteiger partial charge is 0.340 e. The average Bonchev–Trinajstić information content (AvgIpc) is 3.05. The Bertz CT molecular complexity index is 1240. The lowest BCUT2D eigenvalue weighted by Crippen LogP contribution is -2.35. The molecule has 0 saturated carbocycles. The number of rotatable bonds is 4. The van der Waals surface area contributed by atoms with Crippen molar-refractivity contribution < 1.29 is 4.79 Å². The van der Waals surface area contributed by atoms with E-state index in [2.05, 4.69) is 25.3 Å². The summed E-state index contributed by atoms with van der Waals surface area (Å²) >= 11 is 0. The standard InChI is InChI=1S/C23H23N7O/c1-16-26-18-10-13-29(22(31)14-30-15-25-19-6-2-3-7-20(19)30)12-9-17(18)23(27-16)28-21-8-4-5-11-24-21/h2-8,11,15H,9-10,12-14H2,1H3,(H,24,26,27,28). The van der Waals surface area contributed by atoms with E-state index in [1.165, 1.54) is 0 Å². The van der Waals surface area contributed by atoms with Crippen LogP contribution in [0.4, 0.5) is 11.6 Å². The number of benzene rings is 1. The molecule has 8 heteroatoms. The number of hydrogen-bond donors (Lipinski definition) is 1. The van der Waals surface area contributed by atoms with Crippen molar-refractivity contribution in [2.24, 2.45) is 0 Å². The van der Waals surface area contributed by atoms with Crippen molar-refractivity contribution >= 4 is 28.6 Å². The van der Waals surface area contributed by atoms with Gasteiger partial charge in [-0.2, -0.15) is 0 Å². The van der Waals surface area contributed by atoms with Gasteiger partial charge >= 0.3 is 0 Å². The normalized spacial score (nSPS) is 13.6. The molecule has 1 N–H and O–H groups in total. The Balaban J connectivity index is 1.34. The molecule has 1 aromatic carbocycles. The molecule has 1 aliphatic rings. The predicted molar refractivity (Wildman–Crippen MR) is 118 cm³/mol. The van der Waals surface area contributed by atoms with Gasteiger partial charge in [-0.25, -0.2) is 19.9 Å². The lowest BCUT2D eigenvalue weighted by Gasteiger charge is -2.20. The first-order chi connectivity index (χ1) is 15.2. The number of pyridine rings is 1. The number of anilines is 2.